The zero-order valence-corrected chi connectivity index (χ0v) is 13.1. The van der Waals surface area contributed by atoms with Gasteiger partial charge >= 0.3 is 0 Å². The minimum atomic E-state index is 0.206. The summed E-state index contributed by atoms with van der Waals surface area (Å²) in [5.74, 6) is 0. The molecule has 0 aliphatic rings. The molecule has 0 saturated heterocycles. The van der Waals surface area contributed by atoms with Crippen molar-refractivity contribution in [1.29, 1.82) is 0 Å². The van der Waals surface area contributed by atoms with E-state index in [2.05, 4.69) is 62.0 Å². The van der Waals surface area contributed by atoms with E-state index >= 15 is 0 Å². The minimum Gasteiger partial charge on any atom is -0.312 e. The highest BCUT2D eigenvalue weighted by Gasteiger charge is 2.14. The van der Waals surface area contributed by atoms with Crippen LogP contribution in [0.15, 0.2) is 24.4 Å². The van der Waals surface area contributed by atoms with Crippen molar-refractivity contribution in [2.24, 2.45) is 0 Å². The Morgan fingerprint density at radius 2 is 2.05 bits per heavy atom. The summed E-state index contributed by atoms with van der Waals surface area (Å²) in [4.78, 5) is 6.89. The van der Waals surface area contributed by atoms with Crippen LogP contribution in [-0.2, 0) is 6.54 Å². The summed E-state index contributed by atoms with van der Waals surface area (Å²) in [5.41, 5.74) is 1.36. The van der Waals surface area contributed by atoms with Crippen LogP contribution >= 0.6 is 0 Å². The maximum Gasteiger partial charge on any atom is 0.0544 e. The molecule has 3 heteroatoms. The molecule has 0 bridgehead atoms. The molecule has 1 aromatic rings. The van der Waals surface area contributed by atoms with Gasteiger partial charge in [0.25, 0.3) is 0 Å². The van der Waals surface area contributed by atoms with Crippen LogP contribution in [-0.4, -0.2) is 34.6 Å². The quantitative estimate of drug-likeness (QED) is 0.819. The first-order valence-electron chi connectivity index (χ1n) is 7.31. The zero-order valence-electron chi connectivity index (χ0n) is 13.1. The fourth-order valence-corrected chi connectivity index (χ4v) is 2.12. The van der Waals surface area contributed by atoms with Crippen molar-refractivity contribution in [3.05, 3.63) is 30.1 Å². The number of hydrogen-bond acceptors (Lipinski definition) is 3. The molecule has 1 heterocycles. The molecule has 19 heavy (non-hydrogen) atoms. The van der Waals surface area contributed by atoms with Gasteiger partial charge in [-0.3, -0.25) is 9.88 Å². The Bertz CT molecular complexity index is 343. The number of nitrogens with one attached hydrogen (secondary N) is 1. The van der Waals surface area contributed by atoms with E-state index in [1.54, 1.807) is 0 Å². The molecule has 1 unspecified atom stereocenters. The van der Waals surface area contributed by atoms with Crippen LogP contribution in [0.1, 0.15) is 46.7 Å². The van der Waals surface area contributed by atoms with Gasteiger partial charge in [0, 0.05) is 24.3 Å². The minimum absolute atomic E-state index is 0.206. The average molecular weight is 263 g/mol. The highest BCUT2D eigenvalue weighted by atomic mass is 15.2. The predicted molar refractivity (Wildman–Crippen MR) is 82.2 cm³/mol. The van der Waals surface area contributed by atoms with E-state index in [0.717, 1.165) is 31.7 Å². The fourth-order valence-electron chi connectivity index (χ4n) is 2.12. The predicted octanol–water partition coefficient (Wildman–Crippen LogP) is 3.07. The summed E-state index contributed by atoms with van der Waals surface area (Å²) in [7, 11) is 0. The fraction of sp³-hybridized carbons (Fsp3) is 0.688. The molecule has 0 spiro atoms. The number of aromatic nitrogens is 1. The largest absolute Gasteiger partial charge is 0.312 e. The molecule has 3 nitrogen and oxygen atoms in total. The second-order valence-corrected chi connectivity index (χ2v) is 6.20. The lowest BCUT2D eigenvalue weighted by molar-refractivity contribution is 0.195. The lowest BCUT2D eigenvalue weighted by atomic mass is 10.1. The molecule has 1 N–H and O–H groups in total. The normalized spacial score (nSPS) is 13.8. The molecule has 1 aromatic heterocycles. The highest BCUT2D eigenvalue weighted by Crippen LogP contribution is 2.09. The third-order valence-electron chi connectivity index (χ3n) is 3.34. The maximum absolute atomic E-state index is 4.41. The van der Waals surface area contributed by atoms with Crippen molar-refractivity contribution >= 4 is 0 Å². The van der Waals surface area contributed by atoms with Crippen molar-refractivity contribution in [2.75, 3.05) is 13.1 Å². The molecule has 0 radical (unpaired) electrons. The molecule has 0 saturated carbocycles. The summed E-state index contributed by atoms with van der Waals surface area (Å²) in [5, 5.41) is 3.55. The summed E-state index contributed by atoms with van der Waals surface area (Å²) >= 11 is 0. The lowest BCUT2D eigenvalue weighted by Gasteiger charge is -2.29. The van der Waals surface area contributed by atoms with Crippen LogP contribution < -0.4 is 5.32 Å². The van der Waals surface area contributed by atoms with E-state index in [1.807, 2.05) is 12.3 Å². The Labute approximate surface area is 118 Å². The van der Waals surface area contributed by atoms with Crippen molar-refractivity contribution in [1.82, 2.24) is 15.2 Å². The molecule has 1 atom stereocenters. The molecular formula is C16H29N3. The third-order valence-corrected chi connectivity index (χ3v) is 3.34. The van der Waals surface area contributed by atoms with Gasteiger partial charge in [-0.2, -0.15) is 0 Å². The molecule has 0 amide bonds. The topological polar surface area (TPSA) is 28.2 Å². The van der Waals surface area contributed by atoms with E-state index in [9.17, 15) is 0 Å². The second-order valence-electron chi connectivity index (χ2n) is 6.20. The van der Waals surface area contributed by atoms with Gasteiger partial charge in [-0.15, -0.1) is 0 Å². The zero-order chi connectivity index (χ0) is 14.3. The van der Waals surface area contributed by atoms with Gasteiger partial charge in [-0.25, -0.2) is 0 Å². The monoisotopic (exact) mass is 263 g/mol. The molecule has 0 aliphatic heterocycles. The van der Waals surface area contributed by atoms with Crippen molar-refractivity contribution in [2.45, 2.75) is 59.2 Å². The Balaban J connectivity index is 2.41. The molecule has 108 valence electrons. The lowest BCUT2D eigenvalue weighted by Crippen LogP contribution is -2.40. The number of hydrogen-bond donors (Lipinski definition) is 1. The average Bonchev–Trinajstić information content (AvgIpc) is 2.35. The van der Waals surface area contributed by atoms with Crippen LogP contribution in [0.5, 0.6) is 0 Å². The van der Waals surface area contributed by atoms with Gasteiger partial charge in [-0.05, 0) is 59.3 Å². The molecule has 0 fully saturated rings. The summed E-state index contributed by atoms with van der Waals surface area (Å²) in [6.45, 7) is 14.2. The Morgan fingerprint density at radius 3 is 2.58 bits per heavy atom. The number of pyridine rings is 1. The van der Waals surface area contributed by atoms with Gasteiger partial charge in [0.15, 0.2) is 0 Å². The summed E-state index contributed by atoms with van der Waals surface area (Å²) in [6.07, 6.45) is 3.03. The van der Waals surface area contributed by atoms with E-state index in [1.165, 1.54) is 0 Å². The molecule has 1 rings (SSSR count). The Morgan fingerprint density at radius 1 is 1.32 bits per heavy atom. The smallest absolute Gasteiger partial charge is 0.0544 e. The van der Waals surface area contributed by atoms with Crippen molar-refractivity contribution in [3.63, 3.8) is 0 Å². The Kier molecular flexibility index (Phi) is 6.46. The van der Waals surface area contributed by atoms with E-state index in [0.29, 0.717) is 6.04 Å². The van der Waals surface area contributed by atoms with E-state index < -0.39 is 0 Å². The first-order chi connectivity index (χ1) is 8.92. The van der Waals surface area contributed by atoms with Crippen LogP contribution in [0.25, 0.3) is 0 Å². The van der Waals surface area contributed by atoms with Crippen molar-refractivity contribution < 1.29 is 0 Å². The molecular weight excluding hydrogens is 234 g/mol. The second kappa shape index (κ2) is 7.61. The summed E-state index contributed by atoms with van der Waals surface area (Å²) in [6, 6.07) is 6.70. The van der Waals surface area contributed by atoms with Gasteiger partial charge in [-0.1, -0.05) is 13.0 Å². The van der Waals surface area contributed by atoms with Crippen LogP contribution in [0.4, 0.5) is 0 Å². The van der Waals surface area contributed by atoms with E-state index in [4.69, 9.17) is 0 Å². The first kappa shape index (κ1) is 16.1. The highest BCUT2D eigenvalue weighted by molar-refractivity contribution is 5.03. The maximum atomic E-state index is 4.41. The summed E-state index contributed by atoms with van der Waals surface area (Å²) < 4.78 is 0. The first-order valence-corrected chi connectivity index (χ1v) is 7.31. The van der Waals surface area contributed by atoms with Gasteiger partial charge < -0.3 is 5.32 Å². The SMILES string of the molecule is CCN(Cc1ccccn1)C(C)CCNC(C)(C)C. The number of rotatable bonds is 7. The molecule has 0 aromatic carbocycles. The van der Waals surface area contributed by atoms with Gasteiger partial charge in [0.2, 0.25) is 0 Å². The Hall–Kier alpha value is -0.930. The van der Waals surface area contributed by atoms with Crippen molar-refractivity contribution in [3.8, 4) is 0 Å². The number of nitrogens with zero attached hydrogens (tertiary/aromatic N) is 2. The van der Waals surface area contributed by atoms with Gasteiger partial charge in [0.05, 0.1) is 5.69 Å². The van der Waals surface area contributed by atoms with Crippen LogP contribution in [0, 0.1) is 0 Å². The standard InChI is InChI=1S/C16H29N3/c1-6-19(13-15-9-7-8-11-17-15)14(2)10-12-18-16(3,4)5/h7-9,11,14,18H,6,10,12-13H2,1-5H3. The van der Waals surface area contributed by atoms with E-state index in [-0.39, 0.29) is 5.54 Å². The third kappa shape index (κ3) is 6.69. The van der Waals surface area contributed by atoms with Crippen LogP contribution in [0.3, 0.4) is 0 Å². The van der Waals surface area contributed by atoms with Crippen LogP contribution in [0.2, 0.25) is 0 Å². The molecule has 0 aliphatic carbocycles. The van der Waals surface area contributed by atoms with Gasteiger partial charge in [0.1, 0.15) is 0 Å².